The lowest BCUT2D eigenvalue weighted by Gasteiger charge is -2.31. The van der Waals surface area contributed by atoms with Crippen LogP contribution in [0.5, 0.6) is 0 Å². The van der Waals surface area contributed by atoms with Gasteiger partial charge in [0.15, 0.2) is 0 Å². The second kappa shape index (κ2) is 8.44. The summed E-state index contributed by atoms with van der Waals surface area (Å²) in [4.78, 5) is 16.7. The second-order valence-corrected chi connectivity index (χ2v) is 10.1. The number of carbonyl (C=O) groups is 1. The summed E-state index contributed by atoms with van der Waals surface area (Å²) in [7, 11) is -1.49. The third-order valence-electron chi connectivity index (χ3n) is 5.88. The molecule has 0 N–H and O–H groups in total. The van der Waals surface area contributed by atoms with Crippen LogP contribution in [0.1, 0.15) is 30.5 Å². The molecule has 2 aliphatic heterocycles. The highest BCUT2D eigenvalue weighted by atomic mass is 32.2. The van der Waals surface area contributed by atoms with Gasteiger partial charge in [-0.05, 0) is 50.1 Å². The first-order chi connectivity index (χ1) is 14.3. The molecule has 1 aromatic heterocycles. The van der Waals surface area contributed by atoms with E-state index in [0.717, 1.165) is 25.9 Å². The SMILES string of the molecule is CC1CCN(S(=O)(=O)c2ccc(-c3nnc(C(=O)N4CCN(C)CC4)o3)cc2)CC1. The van der Waals surface area contributed by atoms with Crippen LogP contribution in [0.2, 0.25) is 0 Å². The predicted molar refractivity (Wildman–Crippen MR) is 110 cm³/mol. The van der Waals surface area contributed by atoms with Crippen molar-refractivity contribution >= 4 is 15.9 Å². The third kappa shape index (κ3) is 4.26. The van der Waals surface area contributed by atoms with E-state index in [1.54, 1.807) is 33.5 Å². The lowest BCUT2D eigenvalue weighted by atomic mass is 10.0. The van der Waals surface area contributed by atoms with E-state index in [-0.39, 0.29) is 22.6 Å². The van der Waals surface area contributed by atoms with Gasteiger partial charge in [-0.25, -0.2) is 8.42 Å². The van der Waals surface area contributed by atoms with Crippen molar-refractivity contribution in [3.63, 3.8) is 0 Å². The number of carbonyl (C=O) groups excluding carboxylic acids is 1. The molecule has 30 heavy (non-hydrogen) atoms. The van der Waals surface area contributed by atoms with E-state index in [0.29, 0.717) is 37.7 Å². The van der Waals surface area contributed by atoms with Crippen molar-refractivity contribution in [2.24, 2.45) is 5.92 Å². The first-order valence-electron chi connectivity index (χ1n) is 10.3. The van der Waals surface area contributed by atoms with Crippen LogP contribution in [-0.4, -0.2) is 84.9 Å². The number of hydrogen-bond acceptors (Lipinski definition) is 7. The Kier molecular flexibility index (Phi) is 5.90. The molecular weight excluding hydrogens is 406 g/mol. The summed E-state index contributed by atoms with van der Waals surface area (Å²) >= 11 is 0. The highest BCUT2D eigenvalue weighted by Gasteiger charge is 2.28. The Balaban J connectivity index is 1.46. The first kappa shape index (κ1) is 21.0. The average Bonchev–Trinajstić information content (AvgIpc) is 3.24. The molecule has 2 saturated heterocycles. The summed E-state index contributed by atoms with van der Waals surface area (Å²) in [6.07, 6.45) is 1.76. The molecule has 1 amide bonds. The van der Waals surface area contributed by atoms with E-state index in [4.69, 9.17) is 4.42 Å². The second-order valence-electron chi connectivity index (χ2n) is 8.12. The number of sulfonamides is 1. The monoisotopic (exact) mass is 433 g/mol. The molecule has 1 aromatic carbocycles. The maximum Gasteiger partial charge on any atom is 0.311 e. The zero-order chi connectivity index (χ0) is 21.3. The van der Waals surface area contributed by atoms with E-state index in [9.17, 15) is 13.2 Å². The quantitative estimate of drug-likeness (QED) is 0.721. The highest BCUT2D eigenvalue weighted by Crippen LogP contribution is 2.26. The van der Waals surface area contributed by atoms with Crippen molar-refractivity contribution in [3.8, 4) is 11.5 Å². The largest absolute Gasteiger partial charge is 0.412 e. The maximum absolute atomic E-state index is 12.9. The van der Waals surface area contributed by atoms with Crippen LogP contribution in [0, 0.1) is 5.92 Å². The molecule has 0 saturated carbocycles. The molecule has 2 aromatic rings. The summed E-state index contributed by atoms with van der Waals surface area (Å²) in [6.45, 7) is 6.09. The summed E-state index contributed by atoms with van der Waals surface area (Å²) in [6, 6.07) is 6.37. The van der Waals surface area contributed by atoms with Crippen molar-refractivity contribution in [2.45, 2.75) is 24.7 Å². The summed E-state index contributed by atoms with van der Waals surface area (Å²) in [5.74, 6) is 0.427. The van der Waals surface area contributed by atoms with Crippen LogP contribution >= 0.6 is 0 Å². The van der Waals surface area contributed by atoms with Gasteiger partial charge in [-0.2, -0.15) is 4.31 Å². The molecule has 2 fully saturated rings. The summed E-state index contributed by atoms with van der Waals surface area (Å²) in [5, 5.41) is 7.86. The van der Waals surface area contributed by atoms with E-state index >= 15 is 0 Å². The number of likely N-dealkylation sites (N-methyl/N-ethyl adjacent to an activating group) is 1. The van der Waals surface area contributed by atoms with Gasteiger partial charge in [0.2, 0.25) is 15.9 Å². The van der Waals surface area contributed by atoms with Gasteiger partial charge in [-0.15, -0.1) is 10.2 Å². The molecular formula is C20H27N5O4S. The third-order valence-corrected chi connectivity index (χ3v) is 7.79. The lowest BCUT2D eigenvalue weighted by molar-refractivity contribution is 0.0625. The van der Waals surface area contributed by atoms with Crippen molar-refractivity contribution in [1.29, 1.82) is 0 Å². The average molecular weight is 434 g/mol. The zero-order valence-corrected chi connectivity index (χ0v) is 18.1. The van der Waals surface area contributed by atoms with Gasteiger partial charge in [0.1, 0.15) is 0 Å². The number of rotatable bonds is 4. The molecule has 10 heteroatoms. The van der Waals surface area contributed by atoms with E-state index < -0.39 is 10.0 Å². The zero-order valence-electron chi connectivity index (χ0n) is 17.3. The Morgan fingerprint density at radius 2 is 1.63 bits per heavy atom. The number of hydrogen-bond donors (Lipinski definition) is 0. The van der Waals surface area contributed by atoms with Crippen LogP contribution in [0.15, 0.2) is 33.6 Å². The minimum absolute atomic E-state index is 0.0475. The molecule has 0 radical (unpaired) electrons. The predicted octanol–water partition coefficient (Wildman–Crippen LogP) is 1.54. The number of benzene rings is 1. The standard InChI is InChI=1S/C20H27N5O4S/c1-15-7-9-25(10-8-15)30(27,28)17-5-3-16(4-6-17)18-21-22-19(29-18)20(26)24-13-11-23(2)12-14-24/h3-6,15H,7-14H2,1-2H3. The maximum atomic E-state index is 12.9. The van der Waals surface area contributed by atoms with Crippen molar-refractivity contribution < 1.29 is 17.6 Å². The Morgan fingerprint density at radius 3 is 2.27 bits per heavy atom. The number of nitrogens with zero attached hydrogens (tertiary/aromatic N) is 5. The van der Waals surface area contributed by atoms with Gasteiger partial charge in [0, 0.05) is 44.8 Å². The van der Waals surface area contributed by atoms with Gasteiger partial charge in [-0.1, -0.05) is 6.92 Å². The molecule has 0 bridgehead atoms. The fraction of sp³-hybridized carbons (Fsp3) is 0.550. The highest BCUT2D eigenvalue weighted by molar-refractivity contribution is 7.89. The number of piperidine rings is 1. The Morgan fingerprint density at radius 1 is 1.00 bits per heavy atom. The van der Waals surface area contributed by atoms with Gasteiger partial charge in [-0.3, -0.25) is 4.79 Å². The summed E-state index contributed by atoms with van der Waals surface area (Å²) in [5.41, 5.74) is 0.575. The molecule has 9 nitrogen and oxygen atoms in total. The molecule has 0 spiro atoms. The summed E-state index contributed by atoms with van der Waals surface area (Å²) < 4.78 is 32.8. The van der Waals surface area contributed by atoms with Gasteiger partial charge >= 0.3 is 11.8 Å². The fourth-order valence-electron chi connectivity index (χ4n) is 3.71. The van der Waals surface area contributed by atoms with Crippen LogP contribution in [0.4, 0.5) is 0 Å². The Labute approximate surface area is 176 Å². The van der Waals surface area contributed by atoms with Gasteiger partial charge in [0.25, 0.3) is 0 Å². The first-order valence-corrected chi connectivity index (χ1v) is 11.7. The molecule has 3 heterocycles. The number of amides is 1. The number of aromatic nitrogens is 2. The van der Waals surface area contributed by atoms with Crippen LogP contribution < -0.4 is 0 Å². The lowest BCUT2D eigenvalue weighted by Crippen LogP contribution is -2.47. The fourth-order valence-corrected chi connectivity index (χ4v) is 5.18. The van der Waals surface area contributed by atoms with Crippen LogP contribution in [0.25, 0.3) is 11.5 Å². The van der Waals surface area contributed by atoms with Gasteiger partial charge < -0.3 is 14.2 Å². The minimum atomic E-state index is -3.51. The smallest absolute Gasteiger partial charge is 0.311 e. The Bertz CT molecular complexity index is 988. The minimum Gasteiger partial charge on any atom is -0.412 e. The van der Waals surface area contributed by atoms with E-state index in [1.165, 1.54) is 0 Å². The normalized spacial score (nSPS) is 19.9. The molecule has 0 unspecified atom stereocenters. The topological polar surface area (TPSA) is 99.8 Å². The molecule has 0 atom stereocenters. The van der Waals surface area contributed by atoms with E-state index in [2.05, 4.69) is 22.0 Å². The van der Waals surface area contributed by atoms with Crippen LogP contribution in [-0.2, 0) is 10.0 Å². The van der Waals surface area contributed by atoms with Crippen LogP contribution in [0.3, 0.4) is 0 Å². The molecule has 2 aliphatic rings. The number of piperazine rings is 1. The van der Waals surface area contributed by atoms with Crippen molar-refractivity contribution in [2.75, 3.05) is 46.3 Å². The van der Waals surface area contributed by atoms with Crippen molar-refractivity contribution in [1.82, 2.24) is 24.3 Å². The molecule has 162 valence electrons. The van der Waals surface area contributed by atoms with E-state index in [1.807, 2.05) is 7.05 Å². The molecule has 4 rings (SSSR count). The Hall–Kier alpha value is -2.30. The molecule has 0 aliphatic carbocycles. The van der Waals surface area contributed by atoms with Gasteiger partial charge in [0.05, 0.1) is 4.90 Å². The van der Waals surface area contributed by atoms with Crippen molar-refractivity contribution in [3.05, 3.63) is 30.2 Å².